The van der Waals surface area contributed by atoms with Gasteiger partial charge in [-0.1, -0.05) is 63.1 Å². The minimum absolute atomic E-state index is 0.238. The number of unbranched alkanes of at least 4 members (excludes halogenated alkanes) is 2. The van der Waals surface area contributed by atoms with E-state index in [4.69, 9.17) is 38.7 Å². The maximum Gasteiger partial charge on any atom is 0.161 e. The van der Waals surface area contributed by atoms with E-state index in [1.54, 1.807) is 13.2 Å². The normalized spacial score (nSPS) is 10.6. The molecule has 4 aromatic carbocycles. The molecule has 244 valence electrons. The number of hydrogen-bond acceptors (Lipinski definition) is 9. The molecule has 1 N–H and O–H groups in total. The smallest absolute Gasteiger partial charge is 0.161 e. The van der Waals surface area contributed by atoms with Gasteiger partial charge < -0.3 is 33.2 Å². The fourth-order valence-corrected chi connectivity index (χ4v) is 4.50. The first-order valence-corrected chi connectivity index (χ1v) is 15.8. The third kappa shape index (κ3) is 10.1. The highest BCUT2D eigenvalue weighted by atomic mass is 16.5. The maximum absolute atomic E-state index is 7.84. The van der Waals surface area contributed by atoms with E-state index in [2.05, 4.69) is 19.0 Å². The zero-order valence-corrected chi connectivity index (χ0v) is 27.0. The van der Waals surface area contributed by atoms with Gasteiger partial charge in [-0.05, 0) is 60.9 Å². The predicted octanol–water partition coefficient (Wildman–Crippen LogP) is 9.30. The van der Waals surface area contributed by atoms with E-state index in [0.717, 1.165) is 42.6 Å². The van der Waals surface area contributed by atoms with Crippen molar-refractivity contribution in [3.8, 4) is 51.4 Å². The average Bonchev–Trinajstić information content (AvgIpc) is 3.10. The van der Waals surface area contributed by atoms with Crippen LogP contribution in [0.25, 0.3) is 11.1 Å². The molecule has 0 saturated heterocycles. The summed E-state index contributed by atoms with van der Waals surface area (Å²) < 4.78 is 41.4. The fourth-order valence-electron chi connectivity index (χ4n) is 4.50. The molecule has 0 spiro atoms. The van der Waals surface area contributed by atoms with E-state index in [-0.39, 0.29) is 19.8 Å². The SMILES string of the molecule is CCCCOc1ccccc1OCCOc1cc(-c2ccc(OC)cc2)c(OCCOc2ccccc2OCCCC)cc1N=N. The molecular weight excluding hydrogens is 584 g/mol. The van der Waals surface area contributed by atoms with Crippen molar-refractivity contribution in [1.29, 1.82) is 5.53 Å². The molecule has 4 rings (SSSR count). The molecule has 0 aliphatic rings. The van der Waals surface area contributed by atoms with Crippen molar-refractivity contribution < 1.29 is 33.2 Å². The molecule has 0 saturated carbocycles. The zero-order valence-electron chi connectivity index (χ0n) is 27.0. The molecule has 0 heterocycles. The van der Waals surface area contributed by atoms with Crippen LogP contribution in [0, 0.1) is 5.53 Å². The first kappa shape index (κ1) is 34.0. The highest BCUT2D eigenvalue weighted by Crippen LogP contribution is 2.41. The minimum atomic E-state index is 0.238. The Labute approximate surface area is 271 Å². The Morgan fingerprint density at radius 1 is 0.522 bits per heavy atom. The highest BCUT2D eigenvalue weighted by molar-refractivity contribution is 5.76. The highest BCUT2D eigenvalue weighted by Gasteiger charge is 2.15. The third-order valence-corrected chi connectivity index (χ3v) is 6.99. The summed E-state index contributed by atoms with van der Waals surface area (Å²) in [5.74, 6) is 4.48. The number of hydrogen-bond donors (Lipinski definition) is 1. The Morgan fingerprint density at radius 2 is 0.957 bits per heavy atom. The van der Waals surface area contributed by atoms with Crippen molar-refractivity contribution >= 4 is 5.69 Å². The lowest BCUT2D eigenvalue weighted by Crippen LogP contribution is -2.11. The molecule has 0 amide bonds. The van der Waals surface area contributed by atoms with E-state index in [9.17, 15) is 0 Å². The van der Waals surface area contributed by atoms with Gasteiger partial charge in [-0.15, -0.1) is 0 Å². The summed E-state index contributed by atoms with van der Waals surface area (Å²) in [6.45, 7) is 6.60. The van der Waals surface area contributed by atoms with Crippen molar-refractivity contribution in [1.82, 2.24) is 0 Å². The standard InChI is InChI=1S/C37H44N2O7/c1-4-6-20-41-32-12-8-10-14-34(32)43-22-24-45-36-27-31(39-38)37(26-30(36)28-16-18-29(40-3)19-17-28)46-25-23-44-35-15-11-9-13-33(35)42-21-7-5-2/h8-19,26-27,38H,4-7,20-25H2,1-3H3. The molecule has 0 aliphatic carbocycles. The monoisotopic (exact) mass is 628 g/mol. The number of ether oxygens (including phenoxy) is 7. The lowest BCUT2D eigenvalue weighted by molar-refractivity contribution is 0.204. The zero-order chi connectivity index (χ0) is 32.4. The molecule has 0 aliphatic heterocycles. The van der Waals surface area contributed by atoms with Crippen LogP contribution in [0.4, 0.5) is 5.69 Å². The van der Waals surface area contributed by atoms with Crippen LogP contribution in [0.15, 0.2) is 90.0 Å². The van der Waals surface area contributed by atoms with Gasteiger partial charge in [0.2, 0.25) is 0 Å². The third-order valence-electron chi connectivity index (χ3n) is 6.99. The summed E-state index contributed by atoms with van der Waals surface area (Å²) in [5, 5.41) is 3.73. The molecule has 9 heteroatoms. The van der Waals surface area contributed by atoms with Crippen LogP contribution >= 0.6 is 0 Å². The van der Waals surface area contributed by atoms with Gasteiger partial charge in [0.25, 0.3) is 0 Å². The molecule has 0 fully saturated rings. The van der Waals surface area contributed by atoms with Gasteiger partial charge in [0.1, 0.15) is 49.4 Å². The van der Waals surface area contributed by atoms with Gasteiger partial charge in [-0.2, -0.15) is 5.11 Å². The van der Waals surface area contributed by atoms with Crippen LogP contribution in [-0.4, -0.2) is 46.8 Å². The van der Waals surface area contributed by atoms with Crippen LogP contribution in [0.1, 0.15) is 39.5 Å². The fraction of sp³-hybridized carbons (Fsp3) is 0.351. The van der Waals surface area contributed by atoms with Crippen molar-refractivity contribution in [3.05, 3.63) is 84.9 Å². The molecule has 0 bridgehead atoms. The quantitative estimate of drug-likeness (QED) is 0.0725. The van der Waals surface area contributed by atoms with E-state index < -0.39 is 0 Å². The second-order valence-electron chi connectivity index (χ2n) is 10.3. The van der Waals surface area contributed by atoms with Gasteiger partial charge in [0.15, 0.2) is 23.0 Å². The van der Waals surface area contributed by atoms with Gasteiger partial charge in [0.05, 0.1) is 20.3 Å². The Morgan fingerprint density at radius 3 is 1.39 bits per heavy atom. The predicted molar refractivity (Wildman–Crippen MR) is 179 cm³/mol. The van der Waals surface area contributed by atoms with Crippen molar-refractivity contribution in [2.45, 2.75) is 39.5 Å². The molecule has 0 unspecified atom stereocenters. The first-order valence-electron chi connectivity index (χ1n) is 15.8. The number of nitrogens with one attached hydrogen (secondary N) is 1. The van der Waals surface area contributed by atoms with Crippen LogP contribution in [0.5, 0.6) is 40.2 Å². The number of rotatable bonds is 21. The number of methoxy groups -OCH3 is 1. The minimum Gasteiger partial charge on any atom is -0.497 e. The average molecular weight is 629 g/mol. The summed E-state index contributed by atoms with van der Waals surface area (Å²) in [7, 11) is 1.63. The lowest BCUT2D eigenvalue weighted by atomic mass is 10.0. The van der Waals surface area contributed by atoms with Crippen LogP contribution in [-0.2, 0) is 0 Å². The van der Waals surface area contributed by atoms with E-state index in [1.807, 2.05) is 78.9 Å². The van der Waals surface area contributed by atoms with Gasteiger partial charge >= 0.3 is 0 Å². The van der Waals surface area contributed by atoms with Gasteiger partial charge in [-0.3, -0.25) is 0 Å². The van der Waals surface area contributed by atoms with Crippen molar-refractivity contribution in [2.24, 2.45) is 5.11 Å². The Kier molecular flexibility index (Phi) is 13.9. The summed E-state index contributed by atoms with van der Waals surface area (Å²) in [4.78, 5) is 0. The molecule has 0 aromatic heterocycles. The first-order chi connectivity index (χ1) is 22.7. The number of nitrogens with zero attached hydrogens (tertiary/aromatic N) is 1. The topological polar surface area (TPSA) is 101 Å². The molecule has 46 heavy (non-hydrogen) atoms. The second-order valence-corrected chi connectivity index (χ2v) is 10.3. The molecule has 0 atom stereocenters. The van der Waals surface area contributed by atoms with Crippen LogP contribution in [0.2, 0.25) is 0 Å². The molecule has 0 radical (unpaired) electrons. The summed E-state index contributed by atoms with van der Waals surface area (Å²) >= 11 is 0. The number of benzene rings is 4. The van der Waals surface area contributed by atoms with Crippen LogP contribution in [0.3, 0.4) is 0 Å². The Bertz CT molecular complexity index is 1490. The van der Waals surface area contributed by atoms with Gasteiger partial charge in [0, 0.05) is 11.6 Å². The summed E-state index contributed by atoms with van der Waals surface area (Å²) in [6, 6.07) is 26.4. The largest absolute Gasteiger partial charge is 0.497 e. The molecule has 9 nitrogen and oxygen atoms in total. The second kappa shape index (κ2) is 18.8. The molecule has 4 aromatic rings. The Balaban J connectivity index is 1.44. The summed E-state index contributed by atoms with van der Waals surface area (Å²) in [5.41, 5.74) is 9.85. The Hall–Kier alpha value is -4.92. The van der Waals surface area contributed by atoms with Gasteiger partial charge in [-0.25, -0.2) is 5.53 Å². The van der Waals surface area contributed by atoms with Crippen molar-refractivity contribution in [3.63, 3.8) is 0 Å². The number of para-hydroxylation sites is 4. The van der Waals surface area contributed by atoms with Crippen molar-refractivity contribution in [2.75, 3.05) is 46.8 Å². The van der Waals surface area contributed by atoms with E-state index in [0.29, 0.717) is 60.0 Å². The summed E-state index contributed by atoms with van der Waals surface area (Å²) in [6.07, 6.45) is 4.06. The lowest BCUT2D eigenvalue weighted by Gasteiger charge is -2.17. The van der Waals surface area contributed by atoms with E-state index in [1.165, 1.54) is 0 Å². The van der Waals surface area contributed by atoms with E-state index >= 15 is 0 Å². The maximum atomic E-state index is 7.84. The molecular formula is C37H44N2O7. The van der Waals surface area contributed by atoms with Crippen LogP contribution < -0.4 is 33.2 Å².